The normalized spacial score (nSPS) is 12.2. The van der Waals surface area contributed by atoms with Crippen LogP contribution in [0, 0.1) is 11.6 Å². The molecule has 0 fully saturated rings. The number of hydrogen-bond donors (Lipinski definition) is 1. The van der Waals surface area contributed by atoms with Gasteiger partial charge in [0.1, 0.15) is 11.6 Å². The minimum atomic E-state index is -0.628. The molecule has 0 aromatic heterocycles. The molecule has 2 rings (SSSR count). The Labute approximate surface area is 146 Å². The van der Waals surface area contributed by atoms with Crippen LogP contribution in [0.2, 0.25) is 0 Å². The minimum absolute atomic E-state index is 0.0526. The predicted octanol–water partition coefficient (Wildman–Crippen LogP) is 3.14. The maximum absolute atomic E-state index is 14.0. The molecule has 0 aliphatic carbocycles. The number of likely N-dealkylation sites (N-methyl/N-ethyl adjacent to an activating group) is 1. The Morgan fingerprint density at radius 1 is 1.12 bits per heavy atom. The van der Waals surface area contributed by atoms with Gasteiger partial charge < -0.3 is 15.0 Å². The molecule has 0 heterocycles. The summed E-state index contributed by atoms with van der Waals surface area (Å²) in [5.74, 6) is -1.55. The SMILES string of the molecule is COCc1ccc(C(=O)NC[C@@H](c2c(F)cccc2F)N(C)C)cc1. The first-order valence-corrected chi connectivity index (χ1v) is 7.90. The minimum Gasteiger partial charge on any atom is -0.380 e. The van der Waals surface area contributed by atoms with Crippen LogP contribution < -0.4 is 5.32 Å². The van der Waals surface area contributed by atoms with Gasteiger partial charge in [-0.05, 0) is 43.9 Å². The fourth-order valence-electron chi connectivity index (χ4n) is 2.58. The molecule has 1 atom stereocenters. The van der Waals surface area contributed by atoms with Gasteiger partial charge in [-0.15, -0.1) is 0 Å². The molecule has 1 N–H and O–H groups in total. The molecule has 0 aliphatic heterocycles. The highest BCUT2D eigenvalue weighted by Gasteiger charge is 2.22. The van der Waals surface area contributed by atoms with Crippen LogP contribution in [0.1, 0.15) is 27.5 Å². The number of benzene rings is 2. The molecule has 4 nitrogen and oxygen atoms in total. The van der Waals surface area contributed by atoms with E-state index in [1.54, 1.807) is 50.4 Å². The van der Waals surface area contributed by atoms with E-state index in [0.717, 1.165) is 5.56 Å². The second-order valence-electron chi connectivity index (χ2n) is 5.95. The lowest BCUT2D eigenvalue weighted by atomic mass is 10.0. The van der Waals surface area contributed by atoms with Gasteiger partial charge in [0, 0.05) is 24.8 Å². The van der Waals surface area contributed by atoms with Gasteiger partial charge in [0.25, 0.3) is 5.91 Å². The third-order valence-corrected chi connectivity index (χ3v) is 3.94. The lowest BCUT2D eigenvalue weighted by Crippen LogP contribution is -2.35. The van der Waals surface area contributed by atoms with Crippen molar-refractivity contribution in [2.45, 2.75) is 12.6 Å². The van der Waals surface area contributed by atoms with E-state index in [1.165, 1.54) is 18.2 Å². The molecule has 134 valence electrons. The standard InChI is InChI=1S/C19H22F2N2O2/c1-23(2)17(18-15(20)5-4-6-16(18)21)11-22-19(24)14-9-7-13(8-10-14)12-25-3/h4-10,17H,11-12H2,1-3H3,(H,22,24)/t17-/m0/s1. The molecule has 2 aromatic carbocycles. The largest absolute Gasteiger partial charge is 0.380 e. The number of amides is 1. The van der Waals surface area contributed by atoms with Crippen molar-refractivity contribution < 1.29 is 18.3 Å². The molecule has 0 unspecified atom stereocenters. The number of carbonyl (C=O) groups is 1. The van der Waals surface area contributed by atoms with Crippen molar-refractivity contribution >= 4 is 5.91 Å². The van der Waals surface area contributed by atoms with Crippen LogP contribution in [0.25, 0.3) is 0 Å². The zero-order valence-corrected chi connectivity index (χ0v) is 14.6. The van der Waals surface area contributed by atoms with Gasteiger partial charge >= 0.3 is 0 Å². The van der Waals surface area contributed by atoms with Crippen molar-refractivity contribution in [3.63, 3.8) is 0 Å². The van der Waals surface area contributed by atoms with E-state index in [4.69, 9.17) is 4.74 Å². The summed E-state index contributed by atoms with van der Waals surface area (Å²) in [6.45, 7) is 0.556. The number of methoxy groups -OCH3 is 1. The summed E-state index contributed by atoms with van der Waals surface area (Å²) in [7, 11) is 5.02. The van der Waals surface area contributed by atoms with Crippen molar-refractivity contribution in [3.8, 4) is 0 Å². The zero-order chi connectivity index (χ0) is 18.4. The summed E-state index contributed by atoms with van der Waals surface area (Å²) >= 11 is 0. The summed E-state index contributed by atoms with van der Waals surface area (Å²) in [6, 6.07) is 10.1. The van der Waals surface area contributed by atoms with Crippen LogP contribution >= 0.6 is 0 Å². The van der Waals surface area contributed by atoms with Gasteiger partial charge in [0.05, 0.1) is 12.6 Å². The van der Waals surface area contributed by atoms with Crippen LogP contribution in [-0.4, -0.2) is 38.6 Å². The second-order valence-corrected chi connectivity index (χ2v) is 5.95. The van der Waals surface area contributed by atoms with Crippen molar-refractivity contribution in [2.75, 3.05) is 27.7 Å². The Balaban J connectivity index is 2.09. The van der Waals surface area contributed by atoms with E-state index in [-0.39, 0.29) is 18.0 Å². The van der Waals surface area contributed by atoms with Crippen molar-refractivity contribution in [3.05, 3.63) is 70.8 Å². The highest BCUT2D eigenvalue weighted by Crippen LogP contribution is 2.24. The van der Waals surface area contributed by atoms with Crippen molar-refractivity contribution in [1.82, 2.24) is 10.2 Å². The fourth-order valence-corrected chi connectivity index (χ4v) is 2.58. The first-order valence-electron chi connectivity index (χ1n) is 7.90. The molecule has 0 aliphatic rings. The first kappa shape index (κ1) is 19.0. The van der Waals surface area contributed by atoms with E-state index in [0.29, 0.717) is 12.2 Å². The average Bonchev–Trinajstić information content (AvgIpc) is 2.58. The molecule has 25 heavy (non-hydrogen) atoms. The smallest absolute Gasteiger partial charge is 0.251 e. The fraction of sp³-hybridized carbons (Fsp3) is 0.316. The summed E-state index contributed by atoms with van der Waals surface area (Å²) in [5, 5.41) is 2.74. The Morgan fingerprint density at radius 2 is 1.72 bits per heavy atom. The monoisotopic (exact) mass is 348 g/mol. The van der Waals surface area contributed by atoms with Gasteiger partial charge in [-0.1, -0.05) is 18.2 Å². The van der Waals surface area contributed by atoms with Gasteiger partial charge in [-0.25, -0.2) is 8.78 Å². The third kappa shape index (κ3) is 4.84. The second kappa shape index (κ2) is 8.69. The third-order valence-electron chi connectivity index (χ3n) is 3.94. The molecule has 0 radical (unpaired) electrons. The van der Waals surface area contributed by atoms with Crippen LogP contribution in [0.4, 0.5) is 8.78 Å². The van der Waals surface area contributed by atoms with Gasteiger partial charge in [-0.3, -0.25) is 4.79 Å². The summed E-state index contributed by atoms with van der Waals surface area (Å²) in [5.41, 5.74) is 1.38. The van der Waals surface area contributed by atoms with Crippen molar-refractivity contribution in [1.29, 1.82) is 0 Å². The Bertz CT molecular complexity index is 698. The van der Waals surface area contributed by atoms with E-state index in [2.05, 4.69) is 5.32 Å². The highest BCUT2D eigenvalue weighted by atomic mass is 19.1. The van der Waals surface area contributed by atoms with Gasteiger partial charge in [0.2, 0.25) is 0 Å². The number of halogens is 2. The van der Waals surface area contributed by atoms with Crippen LogP contribution in [0.5, 0.6) is 0 Å². The number of ether oxygens (including phenoxy) is 1. The number of carbonyl (C=O) groups excluding carboxylic acids is 1. The number of nitrogens with zero attached hydrogens (tertiary/aromatic N) is 1. The van der Waals surface area contributed by atoms with Crippen molar-refractivity contribution in [2.24, 2.45) is 0 Å². The molecular weight excluding hydrogens is 326 g/mol. The van der Waals surface area contributed by atoms with E-state index in [1.807, 2.05) is 0 Å². The average molecular weight is 348 g/mol. The molecule has 0 spiro atoms. The number of hydrogen-bond acceptors (Lipinski definition) is 3. The van der Waals surface area contributed by atoms with Gasteiger partial charge in [-0.2, -0.15) is 0 Å². The molecule has 1 amide bonds. The summed E-state index contributed by atoms with van der Waals surface area (Å²) in [6.07, 6.45) is 0. The Hall–Kier alpha value is -2.31. The maximum atomic E-state index is 14.0. The quantitative estimate of drug-likeness (QED) is 0.836. The van der Waals surface area contributed by atoms with Crippen LogP contribution in [-0.2, 0) is 11.3 Å². The molecule has 0 bridgehead atoms. The predicted molar refractivity (Wildman–Crippen MR) is 92.3 cm³/mol. The molecule has 0 saturated carbocycles. The van der Waals surface area contributed by atoms with Crippen LogP contribution in [0.15, 0.2) is 42.5 Å². The Morgan fingerprint density at radius 3 is 2.24 bits per heavy atom. The summed E-state index contributed by atoms with van der Waals surface area (Å²) < 4.78 is 33.1. The number of nitrogens with one attached hydrogen (secondary N) is 1. The maximum Gasteiger partial charge on any atom is 0.251 e. The lowest BCUT2D eigenvalue weighted by Gasteiger charge is -2.25. The van der Waals surface area contributed by atoms with E-state index >= 15 is 0 Å². The number of rotatable bonds is 7. The lowest BCUT2D eigenvalue weighted by molar-refractivity contribution is 0.0940. The van der Waals surface area contributed by atoms with Crippen LogP contribution in [0.3, 0.4) is 0 Å². The van der Waals surface area contributed by atoms with E-state index < -0.39 is 17.7 Å². The zero-order valence-electron chi connectivity index (χ0n) is 14.6. The Kier molecular flexibility index (Phi) is 6.61. The summed E-state index contributed by atoms with van der Waals surface area (Å²) in [4.78, 5) is 14.0. The molecule has 2 aromatic rings. The topological polar surface area (TPSA) is 41.6 Å². The first-order chi connectivity index (χ1) is 11.9. The van der Waals surface area contributed by atoms with Gasteiger partial charge in [0.15, 0.2) is 0 Å². The van der Waals surface area contributed by atoms with E-state index in [9.17, 15) is 13.6 Å². The molecule has 0 saturated heterocycles. The molecule has 6 heteroatoms. The molecular formula is C19H22F2N2O2. The highest BCUT2D eigenvalue weighted by molar-refractivity contribution is 5.94.